The van der Waals surface area contributed by atoms with Crippen LogP contribution < -0.4 is 4.74 Å². The van der Waals surface area contributed by atoms with Crippen molar-refractivity contribution >= 4 is 5.97 Å². The second-order valence-electron chi connectivity index (χ2n) is 5.78. The average molecular weight is 311 g/mol. The molecule has 120 valence electrons. The first kappa shape index (κ1) is 15.5. The van der Waals surface area contributed by atoms with Crippen LogP contribution in [-0.2, 0) is 4.74 Å². The Labute approximate surface area is 136 Å². The van der Waals surface area contributed by atoms with Crippen molar-refractivity contribution in [1.82, 2.24) is 4.98 Å². The van der Waals surface area contributed by atoms with Crippen LogP contribution in [-0.4, -0.2) is 24.2 Å². The Morgan fingerprint density at radius 2 is 1.78 bits per heavy atom. The van der Waals surface area contributed by atoms with E-state index in [-0.39, 0.29) is 6.10 Å². The normalized spacial score (nSPS) is 15.2. The van der Waals surface area contributed by atoms with Crippen molar-refractivity contribution in [3.8, 4) is 17.1 Å². The molecule has 1 heterocycles. The van der Waals surface area contributed by atoms with Gasteiger partial charge in [-0.2, -0.15) is 0 Å². The zero-order valence-corrected chi connectivity index (χ0v) is 13.3. The molecule has 0 aliphatic heterocycles. The molecule has 0 unspecified atom stereocenters. The maximum absolute atomic E-state index is 12.0. The summed E-state index contributed by atoms with van der Waals surface area (Å²) in [5.41, 5.74) is 2.18. The monoisotopic (exact) mass is 311 g/mol. The number of nitrogens with zero attached hydrogens (tertiary/aromatic N) is 1. The van der Waals surface area contributed by atoms with E-state index >= 15 is 0 Å². The molecule has 23 heavy (non-hydrogen) atoms. The molecule has 4 heteroatoms. The third-order valence-electron chi connectivity index (χ3n) is 4.17. The first-order valence-electron chi connectivity index (χ1n) is 8.09. The van der Waals surface area contributed by atoms with E-state index in [1.165, 1.54) is 13.5 Å². The van der Waals surface area contributed by atoms with Crippen molar-refractivity contribution in [3.63, 3.8) is 0 Å². The van der Waals surface area contributed by atoms with Crippen LogP contribution in [0.1, 0.15) is 42.5 Å². The molecule has 0 spiro atoms. The number of benzene rings is 1. The van der Waals surface area contributed by atoms with Crippen molar-refractivity contribution < 1.29 is 14.3 Å². The Balaban J connectivity index is 1.93. The number of carbonyl (C=O) groups is 1. The summed E-state index contributed by atoms with van der Waals surface area (Å²) in [6.07, 6.45) is 5.73. The number of carbonyl (C=O) groups excluding carboxylic acids is 1. The Morgan fingerprint density at radius 1 is 1.04 bits per heavy atom. The number of ether oxygens (including phenoxy) is 2. The van der Waals surface area contributed by atoms with Gasteiger partial charge < -0.3 is 9.47 Å². The molecular weight excluding hydrogens is 290 g/mol. The molecule has 1 aromatic carbocycles. The van der Waals surface area contributed by atoms with Gasteiger partial charge in [-0.05, 0) is 37.8 Å². The topological polar surface area (TPSA) is 48.4 Å². The summed E-state index contributed by atoms with van der Waals surface area (Å²) in [5, 5.41) is 0. The lowest BCUT2D eigenvalue weighted by atomic mass is 9.98. The van der Waals surface area contributed by atoms with Gasteiger partial charge in [0.1, 0.15) is 11.7 Å². The van der Waals surface area contributed by atoms with Gasteiger partial charge in [0.25, 0.3) is 0 Å². The summed E-state index contributed by atoms with van der Waals surface area (Å²) in [5.74, 6) is -0.0342. The fourth-order valence-electron chi connectivity index (χ4n) is 2.91. The summed E-state index contributed by atoms with van der Waals surface area (Å²) in [4.78, 5) is 16.6. The minimum Gasteiger partial charge on any atom is -0.474 e. The van der Waals surface area contributed by atoms with E-state index in [0.29, 0.717) is 11.4 Å². The number of hydrogen-bond acceptors (Lipinski definition) is 4. The van der Waals surface area contributed by atoms with Gasteiger partial charge in [0.2, 0.25) is 5.88 Å². The van der Waals surface area contributed by atoms with Crippen LogP contribution in [0.4, 0.5) is 0 Å². The summed E-state index contributed by atoms with van der Waals surface area (Å²) in [6, 6.07) is 13.4. The molecule has 3 rings (SSSR count). The second kappa shape index (κ2) is 7.27. The van der Waals surface area contributed by atoms with Crippen LogP contribution in [0.5, 0.6) is 5.88 Å². The molecule has 1 aromatic heterocycles. The molecule has 0 radical (unpaired) electrons. The van der Waals surface area contributed by atoms with E-state index in [1.807, 2.05) is 36.4 Å². The lowest BCUT2D eigenvalue weighted by Gasteiger charge is -2.23. The van der Waals surface area contributed by atoms with Gasteiger partial charge >= 0.3 is 5.97 Å². The maximum atomic E-state index is 12.0. The van der Waals surface area contributed by atoms with Crippen LogP contribution in [0.2, 0.25) is 0 Å². The molecule has 0 saturated heterocycles. The minimum absolute atomic E-state index is 0.130. The Bertz CT molecular complexity index is 664. The second-order valence-corrected chi connectivity index (χ2v) is 5.78. The highest BCUT2D eigenvalue weighted by atomic mass is 16.5. The largest absolute Gasteiger partial charge is 0.474 e. The third kappa shape index (κ3) is 3.70. The van der Waals surface area contributed by atoms with Gasteiger partial charge in [0.05, 0.1) is 12.8 Å². The van der Waals surface area contributed by atoms with Crippen molar-refractivity contribution in [2.45, 2.75) is 38.2 Å². The molecule has 4 nitrogen and oxygen atoms in total. The molecule has 0 atom stereocenters. The SMILES string of the molecule is COC(=O)c1ccc(-c2ccccc2)nc1OC1CCCCC1. The van der Waals surface area contributed by atoms with E-state index in [4.69, 9.17) is 9.47 Å². The standard InChI is InChI=1S/C19H21NO3/c1-22-19(21)16-12-13-17(14-8-4-2-5-9-14)20-18(16)23-15-10-6-3-7-11-15/h2,4-5,8-9,12-13,15H,3,6-7,10-11H2,1H3. The number of hydrogen-bond donors (Lipinski definition) is 0. The first-order chi connectivity index (χ1) is 11.3. The minimum atomic E-state index is -0.414. The van der Waals surface area contributed by atoms with Gasteiger partial charge in [-0.1, -0.05) is 36.8 Å². The molecular formula is C19H21NO3. The van der Waals surface area contributed by atoms with E-state index in [2.05, 4.69) is 4.98 Å². The van der Waals surface area contributed by atoms with Crippen molar-refractivity contribution in [1.29, 1.82) is 0 Å². The number of esters is 1. The lowest BCUT2D eigenvalue weighted by molar-refractivity contribution is 0.0588. The molecule has 1 aliphatic rings. The summed E-state index contributed by atoms with van der Waals surface area (Å²) < 4.78 is 10.9. The van der Waals surface area contributed by atoms with E-state index in [9.17, 15) is 4.79 Å². The number of aromatic nitrogens is 1. The molecule has 2 aromatic rings. The molecule has 0 amide bonds. The number of pyridine rings is 1. The number of rotatable bonds is 4. The van der Waals surface area contributed by atoms with E-state index in [0.717, 1.165) is 36.9 Å². The van der Waals surface area contributed by atoms with Gasteiger partial charge in [-0.15, -0.1) is 0 Å². The lowest BCUT2D eigenvalue weighted by Crippen LogP contribution is -2.21. The van der Waals surface area contributed by atoms with Gasteiger partial charge in [0, 0.05) is 5.56 Å². The van der Waals surface area contributed by atoms with Crippen LogP contribution >= 0.6 is 0 Å². The highest BCUT2D eigenvalue weighted by Crippen LogP contribution is 2.28. The van der Waals surface area contributed by atoms with Gasteiger partial charge in [-0.25, -0.2) is 9.78 Å². The summed E-state index contributed by atoms with van der Waals surface area (Å²) in [7, 11) is 1.37. The Kier molecular flexibility index (Phi) is 4.91. The van der Waals surface area contributed by atoms with Crippen molar-refractivity contribution in [3.05, 3.63) is 48.0 Å². The predicted molar refractivity (Wildman–Crippen MR) is 88.5 cm³/mol. The van der Waals surface area contributed by atoms with E-state index < -0.39 is 5.97 Å². The van der Waals surface area contributed by atoms with Gasteiger partial charge in [-0.3, -0.25) is 0 Å². The van der Waals surface area contributed by atoms with Crippen LogP contribution in [0, 0.1) is 0 Å². The smallest absolute Gasteiger partial charge is 0.343 e. The molecule has 1 aliphatic carbocycles. The summed E-state index contributed by atoms with van der Waals surface area (Å²) in [6.45, 7) is 0. The fourth-order valence-corrected chi connectivity index (χ4v) is 2.91. The molecule has 0 N–H and O–H groups in total. The Hall–Kier alpha value is -2.36. The van der Waals surface area contributed by atoms with Crippen molar-refractivity contribution in [2.75, 3.05) is 7.11 Å². The first-order valence-corrected chi connectivity index (χ1v) is 8.09. The molecule has 1 saturated carbocycles. The maximum Gasteiger partial charge on any atom is 0.343 e. The molecule has 1 fully saturated rings. The third-order valence-corrected chi connectivity index (χ3v) is 4.17. The molecule has 0 bridgehead atoms. The quantitative estimate of drug-likeness (QED) is 0.792. The zero-order chi connectivity index (χ0) is 16.1. The van der Waals surface area contributed by atoms with Crippen molar-refractivity contribution in [2.24, 2.45) is 0 Å². The number of methoxy groups -OCH3 is 1. The summed E-state index contributed by atoms with van der Waals surface area (Å²) >= 11 is 0. The average Bonchev–Trinajstić information content (AvgIpc) is 2.62. The van der Waals surface area contributed by atoms with Crippen LogP contribution in [0.15, 0.2) is 42.5 Å². The predicted octanol–water partition coefficient (Wildman–Crippen LogP) is 4.25. The van der Waals surface area contributed by atoms with Crippen LogP contribution in [0.25, 0.3) is 11.3 Å². The van der Waals surface area contributed by atoms with Gasteiger partial charge in [0.15, 0.2) is 0 Å². The van der Waals surface area contributed by atoms with E-state index in [1.54, 1.807) is 6.07 Å². The van der Waals surface area contributed by atoms with Crippen LogP contribution in [0.3, 0.4) is 0 Å². The zero-order valence-electron chi connectivity index (χ0n) is 13.3. The Morgan fingerprint density at radius 3 is 2.48 bits per heavy atom. The highest BCUT2D eigenvalue weighted by Gasteiger charge is 2.21. The highest BCUT2D eigenvalue weighted by molar-refractivity contribution is 5.92. The fraction of sp³-hybridized carbons (Fsp3) is 0.368.